The lowest BCUT2D eigenvalue weighted by Gasteiger charge is -2.01. The van der Waals surface area contributed by atoms with Crippen LogP contribution in [0.4, 0.5) is 0 Å². The lowest BCUT2D eigenvalue weighted by molar-refractivity contribution is 0.108. The molecule has 4 rings (SSSR count). The highest BCUT2D eigenvalue weighted by Gasteiger charge is 2.24. The molecule has 0 amide bonds. The number of nitrogens with one attached hydrogen (secondary N) is 1. The molecule has 102 valence electrons. The lowest BCUT2D eigenvalue weighted by Crippen LogP contribution is -1.90. The SMILES string of the molecule is O=C(Cl)c1ccc(-c2n[nH]c3c2Cc2ccccc2-3)cc1. The molecule has 0 fully saturated rings. The van der Waals surface area contributed by atoms with E-state index in [1.165, 1.54) is 16.7 Å². The highest BCUT2D eigenvalue weighted by atomic mass is 35.5. The minimum atomic E-state index is -0.443. The van der Waals surface area contributed by atoms with Gasteiger partial charge in [0, 0.05) is 28.7 Å². The molecule has 0 atom stereocenters. The van der Waals surface area contributed by atoms with Gasteiger partial charge >= 0.3 is 0 Å². The smallest absolute Gasteiger partial charge is 0.252 e. The van der Waals surface area contributed by atoms with E-state index in [9.17, 15) is 4.79 Å². The maximum absolute atomic E-state index is 11.1. The van der Waals surface area contributed by atoms with Gasteiger partial charge in [-0.15, -0.1) is 0 Å². The van der Waals surface area contributed by atoms with E-state index < -0.39 is 5.24 Å². The number of carbonyl (C=O) groups excluding carboxylic acids is 1. The quantitative estimate of drug-likeness (QED) is 0.567. The van der Waals surface area contributed by atoms with E-state index in [2.05, 4.69) is 28.4 Å². The number of nitrogens with zero attached hydrogens (tertiary/aromatic N) is 1. The number of halogens is 1. The van der Waals surface area contributed by atoms with Crippen LogP contribution >= 0.6 is 11.6 Å². The molecule has 0 spiro atoms. The summed E-state index contributed by atoms with van der Waals surface area (Å²) in [6.07, 6.45) is 0.882. The van der Waals surface area contributed by atoms with Crippen molar-refractivity contribution in [2.75, 3.05) is 0 Å². The fraction of sp³-hybridized carbons (Fsp3) is 0.0588. The maximum atomic E-state index is 11.1. The summed E-state index contributed by atoms with van der Waals surface area (Å²) in [5.74, 6) is 0. The van der Waals surface area contributed by atoms with Gasteiger partial charge in [0.25, 0.3) is 5.24 Å². The molecule has 1 N–H and O–H groups in total. The zero-order valence-corrected chi connectivity index (χ0v) is 11.8. The van der Waals surface area contributed by atoms with Gasteiger partial charge in [0.05, 0.1) is 11.4 Å². The van der Waals surface area contributed by atoms with E-state index in [-0.39, 0.29) is 0 Å². The van der Waals surface area contributed by atoms with Gasteiger partial charge in [-0.3, -0.25) is 9.89 Å². The van der Waals surface area contributed by atoms with E-state index in [0.717, 1.165) is 23.4 Å². The summed E-state index contributed by atoms with van der Waals surface area (Å²) >= 11 is 5.47. The second kappa shape index (κ2) is 4.57. The van der Waals surface area contributed by atoms with Crippen molar-refractivity contribution < 1.29 is 4.79 Å². The molecule has 0 saturated heterocycles. The zero-order valence-electron chi connectivity index (χ0n) is 11.1. The molecule has 1 aliphatic rings. The standard InChI is InChI=1S/C17H11ClN2O/c18-17(21)11-7-5-10(6-8-11)15-14-9-12-3-1-2-4-13(12)16(14)20-19-15/h1-8H,9H2,(H,19,20). The van der Waals surface area contributed by atoms with Crippen LogP contribution in [0.2, 0.25) is 0 Å². The van der Waals surface area contributed by atoms with Crippen molar-refractivity contribution in [1.29, 1.82) is 0 Å². The van der Waals surface area contributed by atoms with Crippen LogP contribution in [0.3, 0.4) is 0 Å². The van der Waals surface area contributed by atoms with Gasteiger partial charge in [-0.05, 0) is 29.3 Å². The minimum Gasteiger partial charge on any atom is -0.277 e. The number of aromatic amines is 1. The Morgan fingerprint density at radius 3 is 2.62 bits per heavy atom. The largest absolute Gasteiger partial charge is 0.277 e. The van der Waals surface area contributed by atoms with Crippen molar-refractivity contribution in [3.63, 3.8) is 0 Å². The van der Waals surface area contributed by atoms with Crippen molar-refractivity contribution in [2.24, 2.45) is 0 Å². The van der Waals surface area contributed by atoms with E-state index in [1.54, 1.807) is 12.1 Å². The van der Waals surface area contributed by atoms with E-state index >= 15 is 0 Å². The highest BCUT2D eigenvalue weighted by Crippen LogP contribution is 2.39. The minimum absolute atomic E-state index is 0.443. The van der Waals surface area contributed by atoms with Crippen LogP contribution in [-0.2, 0) is 6.42 Å². The monoisotopic (exact) mass is 294 g/mol. The molecule has 1 aromatic heterocycles. The van der Waals surface area contributed by atoms with Gasteiger partial charge in [-0.25, -0.2) is 0 Å². The Balaban J connectivity index is 1.79. The molecule has 4 heteroatoms. The summed E-state index contributed by atoms with van der Waals surface area (Å²) in [5, 5.41) is 7.13. The predicted molar refractivity (Wildman–Crippen MR) is 82.4 cm³/mol. The topological polar surface area (TPSA) is 45.8 Å². The van der Waals surface area contributed by atoms with Gasteiger partial charge in [-0.2, -0.15) is 5.10 Å². The molecule has 3 nitrogen and oxygen atoms in total. The first-order valence-corrected chi connectivity index (χ1v) is 7.07. The number of hydrogen-bond acceptors (Lipinski definition) is 2. The molecule has 1 heterocycles. The van der Waals surface area contributed by atoms with E-state index in [4.69, 9.17) is 11.6 Å². The second-order valence-electron chi connectivity index (χ2n) is 5.11. The van der Waals surface area contributed by atoms with Crippen LogP contribution in [0.25, 0.3) is 22.5 Å². The van der Waals surface area contributed by atoms with Gasteiger partial charge in [0.2, 0.25) is 0 Å². The molecule has 21 heavy (non-hydrogen) atoms. The van der Waals surface area contributed by atoms with Crippen molar-refractivity contribution in [2.45, 2.75) is 6.42 Å². The van der Waals surface area contributed by atoms with Crippen molar-refractivity contribution in [1.82, 2.24) is 10.2 Å². The summed E-state index contributed by atoms with van der Waals surface area (Å²) in [6, 6.07) is 15.6. The number of aromatic nitrogens is 2. The number of benzene rings is 2. The number of fused-ring (bicyclic) bond motifs is 3. The third-order valence-corrected chi connectivity index (χ3v) is 4.12. The van der Waals surface area contributed by atoms with Gasteiger partial charge < -0.3 is 0 Å². The third kappa shape index (κ3) is 1.89. The molecule has 0 unspecified atom stereocenters. The van der Waals surface area contributed by atoms with Crippen LogP contribution in [0, 0.1) is 0 Å². The second-order valence-corrected chi connectivity index (χ2v) is 5.45. The Hall–Kier alpha value is -2.39. The van der Waals surface area contributed by atoms with Crippen LogP contribution in [0.5, 0.6) is 0 Å². The highest BCUT2D eigenvalue weighted by molar-refractivity contribution is 6.67. The molecule has 1 aliphatic carbocycles. The molecular weight excluding hydrogens is 284 g/mol. The molecule has 0 saturated carbocycles. The summed E-state index contributed by atoms with van der Waals surface area (Å²) in [7, 11) is 0. The zero-order chi connectivity index (χ0) is 14.4. The van der Waals surface area contributed by atoms with E-state index in [0.29, 0.717) is 5.56 Å². The molecule has 3 aromatic rings. The predicted octanol–water partition coefficient (Wildman–Crippen LogP) is 4.03. The number of hydrogen-bond donors (Lipinski definition) is 1. The van der Waals surface area contributed by atoms with Gasteiger partial charge in [0.1, 0.15) is 0 Å². The van der Waals surface area contributed by atoms with Crippen LogP contribution < -0.4 is 0 Å². The van der Waals surface area contributed by atoms with Crippen molar-refractivity contribution in [3.05, 3.63) is 65.2 Å². The lowest BCUT2D eigenvalue weighted by atomic mass is 10.0. The molecule has 0 bridgehead atoms. The number of carbonyl (C=O) groups is 1. The Morgan fingerprint density at radius 2 is 1.86 bits per heavy atom. The Bertz CT molecular complexity index is 849. The Labute approximate surface area is 126 Å². The Morgan fingerprint density at radius 1 is 1.10 bits per heavy atom. The fourth-order valence-corrected chi connectivity index (χ4v) is 2.99. The molecule has 2 aromatic carbocycles. The first kappa shape index (κ1) is 12.4. The summed E-state index contributed by atoms with van der Waals surface area (Å²) in [6.45, 7) is 0. The normalized spacial score (nSPS) is 12.0. The third-order valence-electron chi connectivity index (χ3n) is 3.91. The average molecular weight is 295 g/mol. The Kier molecular flexibility index (Phi) is 2.69. The number of rotatable bonds is 2. The molecule has 0 aliphatic heterocycles. The van der Waals surface area contributed by atoms with Gasteiger partial charge in [-0.1, -0.05) is 36.4 Å². The van der Waals surface area contributed by atoms with Crippen LogP contribution in [0.1, 0.15) is 21.5 Å². The summed E-state index contributed by atoms with van der Waals surface area (Å²) < 4.78 is 0. The van der Waals surface area contributed by atoms with Crippen LogP contribution in [-0.4, -0.2) is 15.4 Å². The summed E-state index contributed by atoms with van der Waals surface area (Å²) in [5.41, 5.74) is 7.26. The molecular formula is C17H11ClN2O. The van der Waals surface area contributed by atoms with Gasteiger partial charge in [0.15, 0.2) is 0 Å². The van der Waals surface area contributed by atoms with Crippen molar-refractivity contribution >= 4 is 16.8 Å². The first-order valence-electron chi connectivity index (χ1n) is 6.70. The maximum Gasteiger partial charge on any atom is 0.252 e. The van der Waals surface area contributed by atoms with Crippen LogP contribution in [0.15, 0.2) is 48.5 Å². The average Bonchev–Trinajstić information content (AvgIpc) is 3.06. The first-order chi connectivity index (χ1) is 10.2. The van der Waals surface area contributed by atoms with Crippen molar-refractivity contribution in [3.8, 4) is 22.5 Å². The van der Waals surface area contributed by atoms with E-state index in [1.807, 2.05) is 18.2 Å². The summed E-state index contributed by atoms with van der Waals surface area (Å²) in [4.78, 5) is 11.1. The number of H-pyrrole nitrogens is 1. The fourth-order valence-electron chi connectivity index (χ4n) is 2.87. The molecule has 0 radical (unpaired) electrons.